The number of amides is 2. The van der Waals surface area contributed by atoms with Gasteiger partial charge in [0.25, 0.3) is 0 Å². The van der Waals surface area contributed by atoms with Crippen LogP contribution in [0.25, 0.3) is 11.4 Å². The number of nitrogens with one attached hydrogen (secondary N) is 2. The lowest BCUT2D eigenvalue weighted by molar-refractivity contribution is 0.122. The summed E-state index contributed by atoms with van der Waals surface area (Å²) in [5, 5.41) is 5.57. The highest BCUT2D eigenvalue weighted by molar-refractivity contribution is 5.89. The maximum Gasteiger partial charge on any atom is 0.319 e. The third kappa shape index (κ3) is 5.17. The van der Waals surface area contributed by atoms with Crippen LogP contribution in [0.5, 0.6) is 0 Å². The number of morpholine rings is 1. The van der Waals surface area contributed by atoms with Crippen LogP contribution in [0, 0.1) is 6.92 Å². The van der Waals surface area contributed by atoms with Gasteiger partial charge in [-0.3, -0.25) is 0 Å². The molecular weight excluding hydrogens is 444 g/mol. The Morgan fingerprint density at radius 3 is 2.60 bits per heavy atom. The Morgan fingerprint density at radius 1 is 1.06 bits per heavy atom. The molecule has 1 saturated heterocycles. The zero-order valence-corrected chi connectivity index (χ0v) is 20.1. The number of benzene rings is 1. The second-order valence-corrected chi connectivity index (χ2v) is 8.65. The van der Waals surface area contributed by atoms with E-state index in [1.807, 2.05) is 44.2 Å². The zero-order chi connectivity index (χ0) is 24.2. The summed E-state index contributed by atoms with van der Waals surface area (Å²) in [6.45, 7) is 8.96. The Balaban J connectivity index is 1.48. The molecule has 0 radical (unpaired) electrons. The molecule has 0 aliphatic carbocycles. The maximum absolute atomic E-state index is 11.8. The largest absolute Gasteiger partial charge is 0.378 e. The van der Waals surface area contributed by atoms with Crippen molar-refractivity contribution < 1.29 is 9.53 Å². The molecule has 2 amide bonds. The first-order valence-corrected chi connectivity index (χ1v) is 12.0. The number of hydrogen-bond acceptors (Lipinski definition) is 8. The molecule has 10 heteroatoms. The Bertz CT molecular complexity index is 1190. The van der Waals surface area contributed by atoms with Crippen molar-refractivity contribution in [2.45, 2.75) is 26.8 Å². The van der Waals surface area contributed by atoms with Gasteiger partial charge in [-0.1, -0.05) is 0 Å². The van der Waals surface area contributed by atoms with Crippen molar-refractivity contribution in [2.24, 2.45) is 0 Å². The average Bonchev–Trinajstić information content (AvgIpc) is 2.89. The van der Waals surface area contributed by atoms with Gasteiger partial charge in [0.05, 0.1) is 25.5 Å². The number of urea groups is 1. The van der Waals surface area contributed by atoms with Gasteiger partial charge < -0.3 is 25.2 Å². The molecule has 4 heterocycles. The first-order valence-electron chi connectivity index (χ1n) is 12.0. The van der Waals surface area contributed by atoms with Gasteiger partial charge >= 0.3 is 6.03 Å². The summed E-state index contributed by atoms with van der Waals surface area (Å²) >= 11 is 0. The summed E-state index contributed by atoms with van der Waals surface area (Å²) in [5.41, 5.74) is 4.78. The van der Waals surface area contributed by atoms with E-state index >= 15 is 0 Å². The molecule has 0 unspecified atom stereocenters. The quantitative estimate of drug-likeness (QED) is 0.581. The highest BCUT2D eigenvalue weighted by Gasteiger charge is 2.27. The molecule has 2 aliphatic rings. The van der Waals surface area contributed by atoms with Crippen molar-refractivity contribution in [1.29, 1.82) is 0 Å². The summed E-state index contributed by atoms with van der Waals surface area (Å²) in [5.74, 6) is 2.59. The highest BCUT2D eigenvalue weighted by atomic mass is 16.5. The predicted octanol–water partition coefficient (Wildman–Crippen LogP) is 2.78. The van der Waals surface area contributed by atoms with E-state index in [1.54, 1.807) is 6.33 Å². The molecule has 5 rings (SSSR count). The molecule has 2 aliphatic heterocycles. The van der Waals surface area contributed by atoms with Crippen molar-refractivity contribution in [1.82, 2.24) is 25.3 Å². The van der Waals surface area contributed by atoms with Crippen LogP contribution in [-0.4, -0.2) is 65.4 Å². The van der Waals surface area contributed by atoms with Crippen LogP contribution in [0.4, 0.5) is 22.1 Å². The predicted molar refractivity (Wildman–Crippen MR) is 135 cm³/mol. The molecule has 0 atom stereocenters. The van der Waals surface area contributed by atoms with E-state index < -0.39 is 0 Å². The lowest BCUT2D eigenvalue weighted by Crippen LogP contribution is -2.39. The van der Waals surface area contributed by atoms with E-state index in [2.05, 4.69) is 30.4 Å². The Labute approximate surface area is 204 Å². The maximum atomic E-state index is 11.8. The van der Waals surface area contributed by atoms with E-state index in [-0.39, 0.29) is 6.03 Å². The number of aryl methyl sites for hydroxylation is 1. The fourth-order valence-corrected chi connectivity index (χ4v) is 4.42. The zero-order valence-electron chi connectivity index (χ0n) is 20.1. The summed E-state index contributed by atoms with van der Waals surface area (Å²) in [6, 6.07) is 9.42. The first-order chi connectivity index (χ1) is 17.1. The highest BCUT2D eigenvalue weighted by Crippen LogP contribution is 2.31. The number of carbonyl (C=O) groups excluding carboxylic acids is 1. The molecular formula is C25H30N8O2. The molecule has 3 aromatic rings. The Morgan fingerprint density at radius 2 is 1.86 bits per heavy atom. The lowest BCUT2D eigenvalue weighted by Gasteiger charge is -2.34. The second kappa shape index (κ2) is 10.2. The number of hydrogen-bond donors (Lipinski definition) is 2. The minimum Gasteiger partial charge on any atom is -0.378 e. The lowest BCUT2D eigenvalue weighted by atomic mass is 10.0. The third-order valence-electron chi connectivity index (χ3n) is 6.21. The third-order valence-corrected chi connectivity index (χ3v) is 6.21. The molecule has 35 heavy (non-hydrogen) atoms. The molecule has 0 spiro atoms. The fourth-order valence-electron chi connectivity index (χ4n) is 4.42. The normalized spacial score (nSPS) is 15.5. The van der Waals surface area contributed by atoms with E-state index in [1.165, 1.54) is 5.56 Å². The molecule has 10 nitrogen and oxygen atoms in total. The molecule has 182 valence electrons. The van der Waals surface area contributed by atoms with E-state index in [9.17, 15) is 4.79 Å². The van der Waals surface area contributed by atoms with Crippen LogP contribution in [-0.2, 0) is 17.7 Å². The van der Waals surface area contributed by atoms with Gasteiger partial charge in [0.15, 0.2) is 5.82 Å². The first kappa shape index (κ1) is 23.0. The summed E-state index contributed by atoms with van der Waals surface area (Å²) in [4.78, 5) is 35.1. The second-order valence-electron chi connectivity index (χ2n) is 8.65. The molecule has 0 saturated carbocycles. The minimum absolute atomic E-state index is 0.222. The number of ether oxygens (including phenoxy) is 1. The van der Waals surface area contributed by atoms with Crippen molar-refractivity contribution in [3.05, 3.63) is 53.6 Å². The monoisotopic (exact) mass is 474 g/mol. The molecule has 2 N–H and O–H groups in total. The number of nitrogens with zero attached hydrogens (tertiary/aromatic N) is 6. The van der Waals surface area contributed by atoms with E-state index in [0.717, 1.165) is 60.3 Å². The standard InChI is InChI=1S/C25H30N8O2/c1-3-26-25(34)29-19-6-4-18(5-7-19)23-30-21-15-33(22-14-17(2)27-16-28-22)9-8-20(21)24(31-23)32-10-12-35-13-11-32/h4-7,14,16H,3,8-13,15H2,1-2H3,(H2,26,29,34). The van der Waals surface area contributed by atoms with Crippen LogP contribution in [0.2, 0.25) is 0 Å². The number of fused-ring (bicyclic) bond motifs is 1. The van der Waals surface area contributed by atoms with Crippen LogP contribution < -0.4 is 20.4 Å². The molecule has 0 bridgehead atoms. The summed E-state index contributed by atoms with van der Waals surface area (Å²) in [6.07, 6.45) is 2.46. The number of aromatic nitrogens is 4. The Hall–Kier alpha value is -3.79. The smallest absolute Gasteiger partial charge is 0.319 e. The minimum atomic E-state index is -0.222. The van der Waals surface area contributed by atoms with Crippen molar-refractivity contribution in [3.63, 3.8) is 0 Å². The Kier molecular flexibility index (Phi) is 6.71. The van der Waals surface area contributed by atoms with Crippen LogP contribution in [0.1, 0.15) is 23.9 Å². The van der Waals surface area contributed by atoms with Gasteiger partial charge in [-0.2, -0.15) is 0 Å². The van der Waals surface area contributed by atoms with Crippen LogP contribution in [0.3, 0.4) is 0 Å². The van der Waals surface area contributed by atoms with Gasteiger partial charge in [-0.25, -0.2) is 24.7 Å². The van der Waals surface area contributed by atoms with E-state index in [4.69, 9.17) is 14.7 Å². The molecule has 1 aromatic carbocycles. The molecule has 1 fully saturated rings. The molecule has 2 aromatic heterocycles. The fraction of sp³-hybridized carbons (Fsp3) is 0.400. The van der Waals surface area contributed by atoms with E-state index in [0.29, 0.717) is 32.1 Å². The summed E-state index contributed by atoms with van der Waals surface area (Å²) < 4.78 is 5.58. The van der Waals surface area contributed by atoms with Gasteiger partial charge in [0.1, 0.15) is 18.0 Å². The van der Waals surface area contributed by atoms with Gasteiger partial charge in [-0.15, -0.1) is 0 Å². The van der Waals surface area contributed by atoms with Gasteiger partial charge in [-0.05, 0) is 44.5 Å². The van der Waals surface area contributed by atoms with Gasteiger partial charge in [0.2, 0.25) is 0 Å². The number of anilines is 3. The van der Waals surface area contributed by atoms with Crippen molar-refractivity contribution >= 4 is 23.4 Å². The van der Waals surface area contributed by atoms with Crippen molar-refractivity contribution in [3.8, 4) is 11.4 Å². The number of rotatable bonds is 5. The SMILES string of the molecule is CCNC(=O)Nc1ccc(-c2nc3c(c(N4CCOCC4)n2)CCN(c2cc(C)ncn2)C3)cc1. The summed E-state index contributed by atoms with van der Waals surface area (Å²) in [7, 11) is 0. The number of carbonyl (C=O) groups is 1. The van der Waals surface area contributed by atoms with Crippen LogP contribution >= 0.6 is 0 Å². The topological polar surface area (TPSA) is 108 Å². The van der Waals surface area contributed by atoms with Crippen LogP contribution in [0.15, 0.2) is 36.7 Å². The van der Waals surface area contributed by atoms with Crippen molar-refractivity contribution in [2.75, 3.05) is 54.5 Å². The van der Waals surface area contributed by atoms with Gasteiger partial charge in [0, 0.05) is 54.8 Å². The average molecular weight is 475 g/mol.